The summed E-state index contributed by atoms with van der Waals surface area (Å²) in [5.74, 6) is 0. The van der Waals surface area contributed by atoms with Crippen LogP contribution in [0.1, 0.15) is 13.8 Å². The molecule has 0 spiro atoms. The number of hydrogen-bond acceptors (Lipinski definition) is 1. The van der Waals surface area contributed by atoms with E-state index in [1.165, 1.54) is 27.8 Å². The summed E-state index contributed by atoms with van der Waals surface area (Å²) in [5, 5.41) is 1.26. The Morgan fingerprint density at radius 1 is 0.900 bits per heavy atom. The van der Waals surface area contributed by atoms with Crippen LogP contribution in [0.5, 0.6) is 0 Å². The fourth-order valence-corrected chi connectivity index (χ4v) is 2.67. The van der Waals surface area contributed by atoms with E-state index in [1.807, 2.05) is 0 Å². The third kappa shape index (κ3) is 2.29. The molecule has 0 aliphatic rings. The lowest BCUT2D eigenvalue weighted by Gasteiger charge is -2.21. The SMILES string of the molecule is CCN(CC)c1ccc(-c2cc3ccccc3[nH]2)cc1. The highest BCUT2D eigenvalue weighted by atomic mass is 15.1. The van der Waals surface area contributed by atoms with Crippen molar-refractivity contribution in [2.45, 2.75) is 13.8 Å². The Kier molecular flexibility index (Phi) is 3.46. The number of nitrogens with one attached hydrogen (secondary N) is 1. The molecule has 0 amide bonds. The molecule has 1 aromatic heterocycles. The smallest absolute Gasteiger partial charge is 0.0464 e. The topological polar surface area (TPSA) is 19.0 Å². The molecule has 102 valence electrons. The zero-order chi connectivity index (χ0) is 13.9. The van der Waals surface area contributed by atoms with Crippen LogP contribution in [0.3, 0.4) is 0 Å². The molecule has 0 bridgehead atoms. The lowest BCUT2D eigenvalue weighted by atomic mass is 10.1. The molecule has 0 unspecified atom stereocenters. The Bertz CT molecular complexity index is 658. The summed E-state index contributed by atoms with van der Waals surface area (Å²) in [6.07, 6.45) is 0. The van der Waals surface area contributed by atoms with E-state index in [0.717, 1.165) is 13.1 Å². The van der Waals surface area contributed by atoms with Crippen molar-refractivity contribution in [1.29, 1.82) is 0 Å². The Labute approximate surface area is 120 Å². The van der Waals surface area contributed by atoms with Gasteiger partial charge in [0.2, 0.25) is 0 Å². The molecular weight excluding hydrogens is 244 g/mol. The van der Waals surface area contributed by atoms with E-state index in [1.54, 1.807) is 0 Å². The van der Waals surface area contributed by atoms with E-state index >= 15 is 0 Å². The Hall–Kier alpha value is -2.22. The van der Waals surface area contributed by atoms with Crippen molar-refractivity contribution in [1.82, 2.24) is 4.98 Å². The number of para-hydroxylation sites is 1. The molecule has 0 saturated heterocycles. The van der Waals surface area contributed by atoms with E-state index in [-0.39, 0.29) is 0 Å². The average molecular weight is 264 g/mol. The molecule has 3 aromatic rings. The number of fused-ring (bicyclic) bond motifs is 1. The molecule has 0 fully saturated rings. The van der Waals surface area contributed by atoms with Gasteiger partial charge in [0.15, 0.2) is 0 Å². The molecule has 0 aliphatic carbocycles. The molecular formula is C18H20N2. The van der Waals surface area contributed by atoms with Crippen LogP contribution in [0, 0.1) is 0 Å². The van der Waals surface area contributed by atoms with E-state index in [9.17, 15) is 0 Å². The van der Waals surface area contributed by atoms with Crippen LogP contribution in [0.4, 0.5) is 5.69 Å². The van der Waals surface area contributed by atoms with E-state index in [2.05, 4.69) is 78.3 Å². The van der Waals surface area contributed by atoms with Gasteiger partial charge in [0.1, 0.15) is 0 Å². The molecule has 2 nitrogen and oxygen atoms in total. The predicted octanol–water partition coefficient (Wildman–Crippen LogP) is 4.68. The number of nitrogens with zero attached hydrogens (tertiary/aromatic N) is 1. The third-order valence-electron chi connectivity index (χ3n) is 3.84. The minimum absolute atomic E-state index is 1.04. The number of aromatic amines is 1. The first-order valence-corrected chi connectivity index (χ1v) is 7.25. The van der Waals surface area contributed by atoms with Gasteiger partial charge < -0.3 is 9.88 Å². The van der Waals surface area contributed by atoms with Crippen molar-refractivity contribution >= 4 is 16.6 Å². The minimum atomic E-state index is 1.04. The average Bonchev–Trinajstić information content (AvgIpc) is 2.93. The molecule has 2 heteroatoms. The lowest BCUT2D eigenvalue weighted by molar-refractivity contribution is 0.866. The number of rotatable bonds is 4. The quantitative estimate of drug-likeness (QED) is 0.725. The maximum absolute atomic E-state index is 3.47. The summed E-state index contributed by atoms with van der Waals surface area (Å²) in [5.41, 5.74) is 4.89. The van der Waals surface area contributed by atoms with E-state index < -0.39 is 0 Å². The molecule has 0 aliphatic heterocycles. The minimum Gasteiger partial charge on any atom is -0.372 e. The molecule has 1 heterocycles. The van der Waals surface area contributed by atoms with Crippen LogP contribution in [-0.2, 0) is 0 Å². The van der Waals surface area contributed by atoms with Gasteiger partial charge >= 0.3 is 0 Å². The highest BCUT2D eigenvalue weighted by molar-refractivity contribution is 5.85. The van der Waals surface area contributed by atoms with Crippen LogP contribution in [0.25, 0.3) is 22.2 Å². The summed E-state index contributed by atoms with van der Waals surface area (Å²) in [4.78, 5) is 5.83. The first kappa shape index (κ1) is 12.8. The maximum Gasteiger partial charge on any atom is 0.0464 e. The van der Waals surface area contributed by atoms with Gasteiger partial charge in [0, 0.05) is 35.4 Å². The van der Waals surface area contributed by atoms with Gasteiger partial charge in [0.25, 0.3) is 0 Å². The highest BCUT2D eigenvalue weighted by Crippen LogP contribution is 2.26. The number of anilines is 1. The first-order chi connectivity index (χ1) is 9.81. The lowest BCUT2D eigenvalue weighted by Crippen LogP contribution is -2.21. The summed E-state index contributed by atoms with van der Waals surface area (Å²) in [6.45, 7) is 6.47. The molecule has 0 atom stereocenters. The normalized spacial score (nSPS) is 10.9. The molecule has 20 heavy (non-hydrogen) atoms. The Balaban J connectivity index is 1.94. The van der Waals surface area contributed by atoms with E-state index in [4.69, 9.17) is 0 Å². The second kappa shape index (κ2) is 5.41. The van der Waals surface area contributed by atoms with Crippen LogP contribution in [0.2, 0.25) is 0 Å². The fraction of sp³-hybridized carbons (Fsp3) is 0.222. The number of benzene rings is 2. The molecule has 1 N–H and O–H groups in total. The standard InChI is InChI=1S/C18H20N2/c1-3-20(4-2)16-11-9-14(10-12-16)18-13-15-7-5-6-8-17(15)19-18/h5-13,19H,3-4H2,1-2H3. The predicted molar refractivity (Wildman–Crippen MR) is 87.3 cm³/mol. The van der Waals surface area contributed by atoms with Gasteiger partial charge in [-0.25, -0.2) is 0 Å². The number of aromatic nitrogens is 1. The summed E-state index contributed by atoms with van der Waals surface area (Å²) in [6, 6.07) is 19.4. The maximum atomic E-state index is 3.47. The second-order valence-electron chi connectivity index (χ2n) is 4.99. The number of hydrogen-bond donors (Lipinski definition) is 1. The molecule has 0 saturated carbocycles. The van der Waals surface area contributed by atoms with Gasteiger partial charge in [-0.1, -0.05) is 30.3 Å². The first-order valence-electron chi connectivity index (χ1n) is 7.25. The largest absolute Gasteiger partial charge is 0.372 e. The summed E-state index contributed by atoms with van der Waals surface area (Å²) in [7, 11) is 0. The van der Waals surface area contributed by atoms with Gasteiger partial charge in [0.05, 0.1) is 0 Å². The van der Waals surface area contributed by atoms with Crippen molar-refractivity contribution < 1.29 is 0 Å². The van der Waals surface area contributed by atoms with Crippen molar-refractivity contribution in [2.24, 2.45) is 0 Å². The fourth-order valence-electron chi connectivity index (χ4n) is 2.67. The molecule has 2 aromatic carbocycles. The zero-order valence-electron chi connectivity index (χ0n) is 12.1. The van der Waals surface area contributed by atoms with Crippen molar-refractivity contribution in [3.63, 3.8) is 0 Å². The van der Waals surface area contributed by atoms with Crippen molar-refractivity contribution in [3.8, 4) is 11.3 Å². The molecule has 0 radical (unpaired) electrons. The van der Waals surface area contributed by atoms with Gasteiger partial charge in [-0.05, 0) is 43.7 Å². The van der Waals surface area contributed by atoms with Gasteiger partial charge in [-0.2, -0.15) is 0 Å². The van der Waals surface area contributed by atoms with E-state index in [0.29, 0.717) is 0 Å². The summed E-state index contributed by atoms with van der Waals surface area (Å²) < 4.78 is 0. The van der Waals surface area contributed by atoms with Gasteiger partial charge in [-0.3, -0.25) is 0 Å². The second-order valence-corrected chi connectivity index (χ2v) is 4.99. The Morgan fingerprint density at radius 2 is 1.60 bits per heavy atom. The number of H-pyrrole nitrogens is 1. The van der Waals surface area contributed by atoms with Crippen molar-refractivity contribution in [2.75, 3.05) is 18.0 Å². The van der Waals surface area contributed by atoms with Crippen molar-refractivity contribution in [3.05, 3.63) is 54.6 Å². The third-order valence-corrected chi connectivity index (χ3v) is 3.84. The van der Waals surface area contributed by atoms with Crippen LogP contribution in [0.15, 0.2) is 54.6 Å². The highest BCUT2D eigenvalue weighted by Gasteiger charge is 2.05. The van der Waals surface area contributed by atoms with Crippen LogP contribution < -0.4 is 4.90 Å². The molecule has 3 rings (SSSR count). The summed E-state index contributed by atoms with van der Waals surface area (Å²) >= 11 is 0. The Morgan fingerprint density at radius 3 is 2.25 bits per heavy atom. The van der Waals surface area contributed by atoms with Gasteiger partial charge in [-0.15, -0.1) is 0 Å². The van der Waals surface area contributed by atoms with Crippen LogP contribution in [-0.4, -0.2) is 18.1 Å². The monoisotopic (exact) mass is 264 g/mol. The van der Waals surface area contributed by atoms with Crippen LogP contribution >= 0.6 is 0 Å². The zero-order valence-corrected chi connectivity index (χ0v) is 12.1.